The molecule has 10 nitrogen and oxygen atoms in total. The quantitative estimate of drug-likeness (QED) is 0.289. The van der Waals surface area contributed by atoms with Crippen LogP contribution in [0.5, 0.6) is 11.5 Å². The standard InChI is InChI=1S/C30H28N8O2/c1-38(2)11-12-40-20-14-18(15-31-16-20)23-8-7-22-24(33-23)27(36-29-26(22)35-29)30-34-25-21(9-10-32-28(25)37-30)17-5-4-6-19(13-17)39-3/h4-10,13-16,26,29,35H,11-12H2,1-3H3,(H,32,34,37). The van der Waals surface area contributed by atoms with Crippen molar-refractivity contribution < 1.29 is 9.47 Å². The molecule has 2 aliphatic rings. The Kier molecular flexibility index (Phi) is 5.98. The van der Waals surface area contributed by atoms with Crippen molar-refractivity contribution in [2.24, 2.45) is 4.99 Å². The molecule has 200 valence electrons. The summed E-state index contributed by atoms with van der Waals surface area (Å²) in [7, 11) is 5.70. The fraction of sp³-hybridized carbons (Fsp3) is 0.233. The molecule has 1 aromatic carbocycles. The lowest BCUT2D eigenvalue weighted by Crippen LogP contribution is -2.19. The topological polar surface area (TPSA) is 123 Å². The number of aromatic amines is 1. The number of aromatic nitrogens is 5. The minimum Gasteiger partial charge on any atom is -0.497 e. The number of nitrogens with zero attached hydrogens (tertiary/aromatic N) is 6. The van der Waals surface area contributed by atoms with E-state index in [4.69, 9.17) is 24.4 Å². The fourth-order valence-electron chi connectivity index (χ4n) is 4.98. The Labute approximate surface area is 231 Å². The number of nitrogens with one attached hydrogen (secondary N) is 2. The molecule has 7 rings (SSSR count). The number of pyridine rings is 3. The zero-order valence-electron chi connectivity index (χ0n) is 22.4. The number of fused-ring (bicyclic) bond motifs is 4. The first-order valence-corrected chi connectivity index (χ1v) is 13.1. The SMILES string of the molecule is COc1cccc(-c2ccnc3nc(C4=NC5NC5c5ccc(-c6cncc(OCCN(C)C)c6)nc54)[nH]c23)c1. The largest absolute Gasteiger partial charge is 0.497 e. The minimum absolute atomic E-state index is 0.0178. The molecule has 1 saturated heterocycles. The van der Waals surface area contributed by atoms with Crippen LogP contribution < -0.4 is 14.8 Å². The van der Waals surface area contributed by atoms with E-state index in [-0.39, 0.29) is 12.2 Å². The third kappa shape index (κ3) is 4.47. The average Bonchev–Trinajstić information content (AvgIpc) is 3.64. The molecular weight excluding hydrogens is 504 g/mol. The van der Waals surface area contributed by atoms with Crippen LogP contribution in [0.4, 0.5) is 0 Å². The number of H-pyrrole nitrogens is 1. The van der Waals surface area contributed by atoms with Crippen molar-refractivity contribution in [3.63, 3.8) is 0 Å². The number of likely N-dealkylation sites (N-methyl/N-ethyl adjacent to an activating group) is 1. The summed E-state index contributed by atoms with van der Waals surface area (Å²) in [5.74, 6) is 2.14. The van der Waals surface area contributed by atoms with Crippen molar-refractivity contribution in [2.45, 2.75) is 12.2 Å². The van der Waals surface area contributed by atoms with E-state index in [0.29, 0.717) is 29.5 Å². The zero-order valence-corrected chi connectivity index (χ0v) is 22.4. The lowest BCUT2D eigenvalue weighted by molar-refractivity contribution is 0.261. The number of ether oxygens (including phenoxy) is 2. The second kappa shape index (κ2) is 9.82. The number of hydrogen-bond donors (Lipinski definition) is 2. The van der Waals surface area contributed by atoms with Crippen LogP contribution >= 0.6 is 0 Å². The molecule has 2 N–H and O–H groups in total. The van der Waals surface area contributed by atoms with Crippen molar-refractivity contribution in [1.29, 1.82) is 0 Å². The van der Waals surface area contributed by atoms with Crippen molar-refractivity contribution >= 4 is 16.9 Å². The number of hydrogen-bond acceptors (Lipinski definition) is 9. The highest BCUT2D eigenvalue weighted by molar-refractivity contribution is 6.13. The van der Waals surface area contributed by atoms with Gasteiger partial charge < -0.3 is 19.4 Å². The predicted octanol–water partition coefficient (Wildman–Crippen LogP) is 3.85. The van der Waals surface area contributed by atoms with Gasteiger partial charge in [0.05, 0.1) is 36.3 Å². The molecule has 0 saturated carbocycles. The minimum atomic E-state index is 0.0178. The van der Waals surface area contributed by atoms with Crippen LogP contribution in [0.15, 0.2) is 72.1 Å². The van der Waals surface area contributed by atoms with Gasteiger partial charge >= 0.3 is 0 Å². The van der Waals surface area contributed by atoms with Crippen LogP contribution in [0.3, 0.4) is 0 Å². The Morgan fingerprint density at radius 1 is 0.975 bits per heavy atom. The van der Waals surface area contributed by atoms with Crippen LogP contribution in [0, 0.1) is 0 Å². The maximum absolute atomic E-state index is 5.91. The molecule has 10 heteroatoms. The summed E-state index contributed by atoms with van der Waals surface area (Å²) in [6.45, 7) is 1.40. The lowest BCUT2D eigenvalue weighted by Gasteiger charge is -2.15. The smallest absolute Gasteiger partial charge is 0.178 e. The average molecular weight is 533 g/mol. The lowest BCUT2D eigenvalue weighted by atomic mass is 10.0. The van der Waals surface area contributed by atoms with E-state index in [1.165, 1.54) is 0 Å². The van der Waals surface area contributed by atoms with Gasteiger partial charge in [-0.15, -0.1) is 0 Å². The number of aliphatic imine (C=N–C) groups is 1. The van der Waals surface area contributed by atoms with E-state index in [2.05, 4.69) is 31.2 Å². The molecule has 0 aliphatic carbocycles. The van der Waals surface area contributed by atoms with Gasteiger partial charge in [-0.1, -0.05) is 18.2 Å². The second-order valence-corrected chi connectivity index (χ2v) is 10.1. The van der Waals surface area contributed by atoms with Gasteiger partial charge in [0.25, 0.3) is 0 Å². The highest BCUT2D eigenvalue weighted by Gasteiger charge is 2.44. The van der Waals surface area contributed by atoms with Gasteiger partial charge in [-0.2, -0.15) is 0 Å². The molecule has 4 aromatic heterocycles. The van der Waals surface area contributed by atoms with E-state index in [1.807, 2.05) is 56.6 Å². The summed E-state index contributed by atoms with van der Waals surface area (Å²) in [5.41, 5.74) is 7.74. The molecule has 0 bridgehead atoms. The monoisotopic (exact) mass is 532 g/mol. The summed E-state index contributed by atoms with van der Waals surface area (Å²) in [4.78, 5) is 29.4. The molecule has 2 unspecified atom stereocenters. The molecule has 6 heterocycles. The summed E-state index contributed by atoms with van der Waals surface area (Å²) >= 11 is 0. The van der Waals surface area contributed by atoms with E-state index in [1.54, 1.807) is 25.7 Å². The first kappa shape index (κ1) is 24.4. The molecule has 0 radical (unpaired) electrons. The molecule has 1 fully saturated rings. The van der Waals surface area contributed by atoms with Gasteiger partial charge in [0, 0.05) is 35.6 Å². The maximum Gasteiger partial charge on any atom is 0.178 e. The Balaban J connectivity index is 1.26. The van der Waals surface area contributed by atoms with E-state index < -0.39 is 0 Å². The van der Waals surface area contributed by atoms with Crippen molar-refractivity contribution in [3.05, 3.63) is 84.2 Å². The zero-order chi connectivity index (χ0) is 27.2. The predicted molar refractivity (Wildman–Crippen MR) is 153 cm³/mol. The van der Waals surface area contributed by atoms with E-state index in [0.717, 1.165) is 51.5 Å². The van der Waals surface area contributed by atoms with Crippen LogP contribution in [0.2, 0.25) is 0 Å². The molecular formula is C30H28N8O2. The summed E-state index contributed by atoms with van der Waals surface area (Å²) in [5, 5.41) is 3.44. The Morgan fingerprint density at radius 3 is 2.75 bits per heavy atom. The first-order valence-electron chi connectivity index (χ1n) is 13.1. The normalized spacial score (nSPS) is 17.4. The molecule has 40 heavy (non-hydrogen) atoms. The van der Waals surface area contributed by atoms with Crippen LogP contribution in [-0.4, -0.2) is 76.1 Å². The van der Waals surface area contributed by atoms with Crippen molar-refractivity contribution in [3.8, 4) is 33.9 Å². The van der Waals surface area contributed by atoms with Gasteiger partial charge in [0.2, 0.25) is 0 Å². The first-order chi connectivity index (χ1) is 19.6. The van der Waals surface area contributed by atoms with E-state index >= 15 is 0 Å². The maximum atomic E-state index is 5.91. The number of methoxy groups -OCH3 is 1. The Morgan fingerprint density at radius 2 is 1.88 bits per heavy atom. The van der Waals surface area contributed by atoms with Gasteiger partial charge in [-0.05, 0) is 50.0 Å². The van der Waals surface area contributed by atoms with Crippen LogP contribution in [-0.2, 0) is 0 Å². The molecule has 2 aliphatic heterocycles. The molecule has 2 atom stereocenters. The third-order valence-electron chi connectivity index (χ3n) is 7.12. The second-order valence-electron chi connectivity index (χ2n) is 10.1. The molecule has 0 amide bonds. The fourth-order valence-corrected chi connectivity index (χ4v) is 4.98. The highest BCUT2D eigenvalue weighted by Crippen LogP contribution is 2.39. The van der Waals surface area contributed by atoms with Crippen LogP contribution in [0.25, 0.3) is 33.5 Å². The summed E-state index contributed by atoms with van der Waals surface area (Å²) in [6.07, 6.45) is 5.32. The van der Waals surface area contributed by atoms with Crippen molar-refractivity contribution in [1.82, 2.24) is 35.1 Å². The van der Waals surface area contributed by atoms with Gasteiger partial charge in [0.15, 0.2) is 11.5 Å². The number of benzene rings is 1. The number of rotatable bonds is 8. The Bertz CT molecular complexity index is 1760. The summed E-state index contributed by atoms with van der Waals surface area (Å²) < 4.78 is 11.3. The molecule has 0 spiro atoms. The van der Waals surface area contributed by atoms with Gasteiger partial charge in [0.1, 0.15) is 30.0 Å². The highest BCUT2D eigenvalue weighted by atomic mass is 16.5. The Hall–Kier alpha value is -4.67. The van der Waals surface area contributed by atoms with Gasteiger partial charge in [-0.3, -0.25) is 15.3 Å². The van der Waals surface area contributed by atoms with E-state index in [9.17, 15) is 0 Å². The van der Waals surface area contributed by atoms with Crippen LogP contribution in [0.1, 0.15) is 23.1 Å². The third-order valence-corrected chi connectivity index (χ3v) is 7.12. The van der Waals surface area contributed by atoms with Gasteiger partial charge in [-0.25, -0.2) is 15.0 Å². The number of imidazole rings is 1. The molecule has 5 aromatic rings. The van der Waals surface area contributed by atoms with Crippen molar-refractivity contribution in [2.75, 3.05) is 34.4 Å². The summed E-state index contributed by atoms with van der Waals surface area (Å²) in [6, 6.07) is 16.2.